The number of amides is 1. The van der Waals surface area contributed by atoms with E-state index in [-0.39, 0.29) is 11.6 Å². The highest BCUT2D eigenvalue weighted by molar-refractivity contribution is 8.26. The SMILES string of the molecule is O=C1C(=Cc2ccc(-c3ccc([N+](=O)[O-])cc3)o2)SC(=S)N1CCCc1ccccc1. The van der Waals surface area contributed by atoms with Gasteiger partial charge in [0.15, 0.2) is 0 Å². The van der Waals surface area contributed by atoms with E-state index in [0.717, 1.165) is 18.4 Å². The van der Waals surface area contributed by atoms with Crippen molar-refractivity contribution in [1.29, 1.82) is 0 Å². The Labute approximate surface area is 188 Å². The number of aryl methyl sites for hydroxylation is 1. The van der Waals surface area contributed by atoms with Crippen LogP contribution in [0.3, 0.4) is 0 Å². The first-order chi connectivity index (χ1) is 15.0. The molecule has 1 aromatic heterocycles. The Hall–Kier alpha value is -3.23. The number of nitrogens with zero attached hydrogens (tertiary/aromatic N) is 2. The molecule has 3 aromatic rings. The molecule has 1 aliphatic heterocycles. The molecule has 1 aliphatic rings. The Balaban J connectivity index is 1.41. The lowest BCUT2D eigenvalue weighted by Crippen LogP contribution is -2.29. The molecule has 0 radical (unpaired) electrons. The Morgan fingerprint density at radius 1 is 1.06 bits per heavy atom. The zero-order valence-electron chi connectivity index (χ0n) is 16.4. The Kier molecular flexibility index (Phi) is 6.29. The highest BCUT2D eigenvalue weighted by atomic mass is 32.2. The van der Waals surface area contributed by atoms with E-state index < -0.39 is 4.92 Å². The van der Waals surface area contributed by atoms with Crippen LogP contribution < -0.4 is 0 Å². The molecule has 0 unspecified atom stereocenters. The second-order valence-electron chi connectivity index (χ2n) is 6.93. The molecule has 0 spiro atoms. The van der Waals surface area contributed by atoms with Crippen molar-refractivity contribution in [2.45, 2.75) is 12.8 Å². The molecule has 0 N–H and O–H groups in total. The molecular formula is C23H18N2O4S2. The van der Waals surface area contributed by atoms with Crippen LogP contribution in [-0.2, 0) is 11.2 Å². The predicted molar refractivity (Wildman–Crippen MR) is 125 cm³/mol. The summed E-state index contributed by atoms with van der Waals surface area (Å²) in [4.78, 5) is 25.3. The zero-order chi connectivity index (χ0) is 21.8. The number of benzene rings is 2. The molecule has 1 amide bonds. The molecule has 6 nitrogen and oxygen atoms in total. The van der Waals surface area contributed by atoms with Gasteiger partial charge in [0.1, 0.15) is 15.8 Å². The summed E-state index contributed by atoms with van der Waals surface area (Å²) in [6, 6.07) is 19.8. The van der Waals surface area contributed by atoms with Gasteiger partial charge in [0.2, 0.25) is 0 Å². The van der Waals surface area contributed by atoms with E-state index in [2.05, 4.69) is 12.1 Å². The molecule has 0 bridgehead atoms. The normalized spacial score (nSPS) is 15.1. The third-order valence-electron chi connectivity index (χ3n) is 4.83. The molecule has 2 aromatic carbocycles. The van der Waals surface area contributed by atoms with Crippen molar-refractivity contribution in [3.05, 3.63) is 93.1 Å². The van der Waals surface area contributed by atoms with Crippen molar-refractivity contribution in [3.63, 3.8) is 0 Å². The van der Waals surface area contributed by atoms with Crippen molar-refractivity contribution in [2.75, 3.05) is 6.54 Å². The summed E-state index contributed by atoms with van der Waals surface area (Å²) < 4.78 is 6.36. The number of thioether (sulfide) groups is 1. The summed E-state index contributed by atoms with van der Waals surface area (Å²) in [5.41, 5.74) is 1.98. The smallest absolute Gasteiger partial charge is 0.269 e. The number of carbonyl (C=O) groups excluding carboxylic acids is 1. The maximum Gasteiger partial charge on any atom is 0.269 e. The summed E-state index contributed by atoms with van der Waals surface area (Å²) in [6.07, 6.45) is 3.40. The Bertz CT molecular complexity index is 1150. The molecule has 156 valence electrons. The minimum absolute atomic E-state index is 0.0199. The van der Waals surface area contributed by atoms with Crippen LogP contribution in [0, 0.1) is 10.1 Å². The summed E-state index contributed by atoms with van der Waals surface area (Å²) in [7, 11) is 0. The van der Waals surface area contributed by atoms with Crippen LogP contribution in [0.1, 0.15) is 17.7 Å². The molecule has 8 heteroatoms. The number of furan rings is 1. The van der Waals surface area contributed by atoms with Gasteiger partial charge in [-0.3, -0.25) is 19.8 Å². The molecule has 4 rings (SSSR count). The monoisotopic (exact) mass is 450 g/mol. The van der Waals surface area contributed by atoms with E-state index in [9.17, 15) is 14.9 Å². The second kappa shape index (κ2) is 9.28. The predicted octanol–water partition coefficient (Wildman–Crippen LogP) is 5.69. The first kappa shape index (κ1) is 21.0. The average Bonchev–Trinajstić information content (AvgIpc) is 3.34. The maximum atomic E-state index is 12.8. The summed E-state index contributed by atoms with van der Waals surface area (Å²) >= 11 is 6.66. The number of nitro benzene ring substituents is 1. The number of nitro groups is 1. The van der Waals surface area contributed by atoms with E-state index in [0.29, 0.717) is 27.3 Å². The van der Waals surface area contributed by atoms with Gasteiger partial charge in [-0.05, 0) is 42.7 Å². The largest absolute Gasteiger partial charge is 0.457 e. The topological polar surface area (TPSA) is 76.6 Å². The maximum absolute atomic E-state index is 12.8. The lowest BCUT2D eigenvalue weighted by atomic mass is 10.1. The molecule has 0 atom stereocenters. The van der Waals surface area contributed by atoms with Crippen LogP contribution in [0.4, 0.5) is 5.69 Å². The van der Waals surface area contributed by atoms with Crippen LogP contribution in [0.15, 0.2) is 76.1 Å². The number of hydrogen-bond donors (Lipinski definition) is 0. The fourth-order valence-electron chi connectivity index (χ4n) is 3.24. The molecular weight excluding hydrogens is 432 g/mol. The molecule has 1 fully saturated rings. The third kappa shape index (κ3) is 4.92. The van der Waals surface area contributed by atoms with Gasteiger partial charge in [-0.1, -0.05) is 54.3 Å². The third-order valence-corrected chi connectivity index (χ3v) is 6.20. The van der Waals surface area contributed by atoms with Gasteiger partial charge in [-0.2, -0.15) is 0 Å². The fourth-order valence-corrected chi connectivity index (χ4v) is 4.53. The minimum atomic E-state index is -0.445. The van der Waals surface area contributed by atoms with Gasteiger partial charge in [0.05, 0.1) is 9.83 Å². The highest BCUT2D eigenvalue weighted by Crippen LogP contribution is 2.34. The van der Waals surface area contributed by atoms with Crippen molar-refractivity contribution >= 4 is 46.0 Å². The summed E-state index contributed by atoms with van der Waals surface area (Å²) in [5.74, 6) is 0.981. The van der Waals surface area contributed by atoms with Gasteiger partial charge in [-0.15, -0.1) is 0 Å². The van der Waals surface area contributed by atoms with E-state index in [1.807, 2.05) is 18.2 Å². The molecule has 0 aliphatic carbocycles. The Morgan fingerprint density at radius 3 is 2.52 bits per heavy atom. The number of non-ortho nitro benzene ring substituents is 1. The van der Waals surface area contributed by atoms with Crippen LogP contribution in [0.2, 0.25) is 0 Å². The van der Waals surface area contributed by atoms with Gasteiger partial charge < -0.3 is 4.42 Å². The molecule has 2 heterocycles. The summed E-state index contributed by atoms with van der Waals surface area (Å²) in [6.45, 7) is 0.573. The number of carbonyl (C=O) groups is 1. The minimum Gasteiger partial charge on any atom is -0.457 e. The van der Waals surface area contributed by atoms with E-state index in [1.54, 1.807) is 35.2 Å². The lowest BCUT2D eigenvalue weighted by molar-refractivity contribution is -0.384. The Morgan fingerprint density at radius 2 is 1.81 bits per heavy atom. The standard InChI is InChI=1S/C23H18N2O4S2/c26-22-21(31-23(30)24(22)14-4-7-16-5-2-1-3-6-16)15-19-12-13-20(29-19)17-8-10-18(11-9-17)25(27)28/h1-3,5-6,8-13,15H,4,7,14H2. The zero-order valence-corrected chi connectivity index (χ0v) is 18.0. The van der Waals surface area contributed by atoms with Gasteiger partial charge in [-0.25, -0.2) is 0 Å². The quantitative estimate of drug-likeness (QED) is 0.199. The first-order valence-corrected chi connectivity index (χ1v) is 10.9. The molecule has 1 saturated heterocycles. The van der Waals surface area contributed by atoms with Crippen LogP contribution >= 0.6 is 24.0 Å². The lowest BCUT2D eigenvalue weighted by Gasteiger charge is -2.14. The van der Waals surface area contributed by atoms with Crippen molar-refractivity contribution in [2.24, 2.45) is 0 Å². The molecule has 0 saturated carbocycles. The van der Waals surface area contributed by atoms with E-state index in [1.165, 1.54) is 29.5 Å². The van der Waals surface area contributed by atoms with Gasteiger partial charge in [0, 0.05) is 30.3 Å². The van der Waals surface area contributed by atoms with Crippen molar-refractivity contribution in [3.8, 4) is 11.3 Å². The number of hydrogen-bond acceptors (Lipinski definition) is 6. The van der Waals surface area contributed by atoms with Gasteiger partial charge >= 0.3 is 0 Å². The average molecular weight is 451 g/mol. The molecule has 31 heavy (non-hydrogen) atoms. The number of rotatable bonds is 7. The second-order valence-corrected chi connectivity index (χ2v) is 8.60. The fraction of sp³-hybridized carbons (Fsp3) is 0.130. The van der Waals surface area contributed by atoms with E-state index >= 15 is 0 Å². The highest BCUT2D eigenvalue weighted by Gasteiger charge is 2.31. The van der Waals surface area contributed by atoms with Crippen LogP contribution in [0.25, 0.3) is 17.4 Å². The van der Waals surface area contributed by atoms with Crippen molar-refractivity contribution in [1.82, 2.24) is 4.90 Å². The van der Waals surface area contributed by atoms with Crippen LogP contribution in [0.5, 0.6) is 0 Å². The van der Waals surface area contributed by atoms with Gasteiger partial charge in [0.25, 0.3) is 11.6 Å². The van der Waals surface area contributed by atoms with Crippen molar-refractivity contribution < 1.29 is 14.1 Å². The van der Waals surface area contributed by atoms with Crippen LogP contribution in [-0.4, -0.2) is 26.6 Å². The van der Waals surface area contributed by atoms with E-state index in [4.69, 9.17) is 16.6 Å². The summed E-state index contributed by atoms with van der Waals surface area (Å²) in [5, 5.41) is 10.8. The first-order valence-electron chi connectivity index (χ1n) is 9.65. The number of thiocarbonyl (C=S) groups is 1.